The van der Waals surface area contributed by atoms with Crippen LogP contribution >= 0.6 is 0 Å². The standard InChI is InChI=1S/C24H27N3O9/c28-22(16-6-2-1-3-7-16)19-20(17-8-4-9-18(35-32)23(17)36-33)26(24(29)21(19)27(30)31)11-5-10-25-12-14-34-15-13-25/h1-4,6,8-9,16,20,32-33H,5,7,10-15H2. The molecule has 0 aromatic heterocycles. The van der Waals surface area contributed by atoms with Gasteiger partial charge in [-0.25, -0.2) is 10.5 Å². The smallest absolute Gasteiger partial charge is 0.342 e. The highest BCUT2D eigenvalue weighted by Gasteiger charge is 2.51. The number of carbonyl (C=O) groups excluding carboxylic acids is 2. The summed E-state index contributed by atoms with van der Waals surface area (Å²) in [6, 6.07) is 2.97. The number of ether oxygens (including phenoxy) is 1. The van der Waals surface area contributed by atoms with Gasteiger partial charge in [-0.05, 0) is 18.9 Å². The van der Waals surface area contributed by atoms with Gasteiger partial charge in [-0.1, -0.05) is 36.4 Å². The number of hydrogen-bond donors (Lipinski definition) is 2. The highest BCUT2D eigenvalue weighted by molar-refractivity contribution is 6.10. The molecule has 12 heteroatoms. The number of amides is 1. The van der Waals surface area contributed by atoms with Crippen LogP contribution in [-0.4, -0.2) is 76.3 Å². The Labute approximate surface area is 206 Å². The summed E-state index contributed by atoms with van der Waals surface area (Å²) in [4.78, 5) is 50.4. The lowest BCUT2D eigenvalue weighted by molar-refractivity contribution is -0.419. The van der Waals surface area contributed by atoms with Crippen LogP contribution in [0.1, 0.15) is 24.4 Å². The normalized spacial score (nSPS) is 22.3. The van der Waals surface area contributed by atoms with Crippen LogP contribution in [0.3, 0.4) is 0 Å². The van der Waals surface area contributed by atoms with Crippen LogP contribution in [0.5, 0.6) is 11.5 Å². The molecule has 1 fully saturated rings. The minimum atomic E-state index is -1.23. The fourth-order valence-electron chi connectivity index (χ4n) is 4.82. The van der Waals surface area contributed by atoms with E-state index in [0.717, 1.165) is 13.1 Å². The van der Waals surface area contributed by atoms with Gasteiger partial charge in [0.1, 0.15) is 5.57 Å². The first kappa shape index (κ1) is 25.5. The fraction of sp³-hybridized carbons (Fsp3) is 0.417. The van der Waals surface area contributed by atoms with Crippen LogP contribution in [0.25, 0.3) is 0 Å². The van der Waals surface area contributed by atoms with Gasteiger partial charge in [-0.2, -0.15) is 0 Å². The molecule has 1 aromatic rings. The minimum absolute atomic E-state index is 0.0688. The molecular weight excluding hydrogens is 474 g/mol. The second kappa shape index (κ2) is 11.4. The average Bonchev–Trinajstić information content (AvgIpc) is 3.20. The van der Waals surface area contributed by atoms with Crippen molar-refractivity contribution in [3.05, 3.63) is 69.5 Å². The van der Waals surface area contributed by atoms with Crippen molar-refractivity contribution in [3.8, 4) is 11.5 Å². The molecular formula is C24H27N3O9. The minimum Gasteiger partial charge on any atom is -0.379 e. The number of nitrogens with zero attached hydrogens (tertiary/aromatic N) is 3. The Morgan fingerprint density at radius 2 is 1.94 bits per heavy atom. The average molecular weight is 501 g/mol. The Kier molecular flexibility index (Phi) is 8.10. The molecule has 4 rings (SSSR count). The molecule has 2 heterocycles. The Hall–Kier alpha value is -3.58. The van der Waals surface area contributed by atoms with Crippen LogP contribution in [0, 0.1) is 16.0 Å². The number of para-hydroxylation sites is 1. The zero-order valence-corrected chi connectivity index (χ0v) is 19.4. The molecule has 2 unspecified atom stereocenters. The first-order valence-electron chi connectivity index (χ1n) is 11.6. The summed E-state index contributed by atoms with van der Waals surface area (Å²) in [6.45, 7) is 3.40. The van der Waals surface area contributed by atoms with Gasteiger partial charge in [-0.15, -0.1) is 0 Å². The van der Waals surface area contributed by atoms with E-state index >= 15 is 0 Å². The highest BCUT2D eigenvalue weighted by Crippen LogP contribution is 2.46. The number of nitro groups is 1. The molecule has 2 aliphatic heterocycles. The number of Topliss-reactive ketones (excluding diaryl/α,β-unsaturated/α-hetero) is 1. The second-order valence-corrected chi connectivity index (χ2v) is 8.60. The fourth-order valence-corrected chi connectivity index (χ4v) is 4.82. The Morgan fingerprint density at radius 3 is 2.58 bits per heavy atom. The van der Waals surface area contributed by atoms with Gasteiger partial charge in [0, 0.05) is 37.7 Å². The van der Waals surface area contributed by atoms with Gasteiger partial charge in [0.2, 0.25) is 11.5 Å². The van der Waals surface area contributed by atoms with E-state index in [9.17, 15) is 30.2 Å². The van der Waals surface area contributed by atoms with Crippen molar-refractivity contribution in [2.75, 3.05) is 39.4 Å². The van der Waals surface area contributed by atoms with Crippen molar-refractivity contribution in [1.29, 1.82) is 0 Å². The van der Waals surface area contributed by atoms with Crippen LogP contribution < -0.4 is 9.78 Å². The molecule has 0 bridgehead atoms. The lowest BCUT2D eigenvalue weighted by Gasteiger charge is -2.30. The summed E-state index contributed by atoms with van der Waals surface area (Å²) in [5.74, 6) is -2.80. The first-order valence-corrected chi connectivity index (χ1v) is 11.6. The zero-order chi connectivity index (χ0) is 25.7. The molecule has 2 N–H and O–H groups in total. The topological polar surface area (TPSA) is 152 Å². The Morgan fingerprint density at radius 1 is 1.17 bits per heavy atom. The first-order chi connectivity index (χ1) is 17.5. The quantitative estimate of drug-likeness (QED) is 0.277. The third-order valence-electron chi connectivity index (χ3n) is 6.54. The number of hydrogen-bond acceptors (Lipinski definition) is 10. The molecule has 192 valence electrons. The molecule has 1 amide bonds. The van der Waals surface area contributed by atoms with E-state index < -0.39 is 34.3 Å². The van der Waals surface area contributed by atoms with Crippen LogP contribution in [0.4, 0.5) is 0 Å². The molecule has 12 nitrogen and oxygen atoms in total. The van der Waals surface area contributed by atoms with Crippen molar-refractivity contribution in [3.63, 3.8) is 0 Å². The van der Waals surface area contributed by atoms with Gasteiger partial charge >= 0.3 is 11.6 Å². The van der Waals surface area contributed by atoms with Gasteiger partial charge in [0.05, 0.1) is 24.2 Å². The van der Waals surface area contributed by atoms with Crippen molar-refractivity contribution >= 4 is 11.7 Å². The van der Waals surface area contributed by atoms with E-state index in [-0.39, 0.29) is 29.2 Å². The number of ketones is 1. The molecule has 2 atom stereocenters. The molecule has 3 aliphatic rings. The summed E-state index contributed by atoms with van der Waals surface area (Å²) in [7, 11) is 0. The number of morpholine rings is 1. The number of allylic oxidation sites excluding steroid dienone is 4. The van der Waals surface area contributed by atoms with Gasteiger partial charge in [0.15, 0.2) is 5.78 Å². The molecule has 1 saturated heterocycles. The van der Waals surface area contributed by atoms with E-state index in [1.54, 1.807) is 24.3 Å². The lowest BCUT2D eigenvalue weighted by atomic mass is 9.86. The van der Waals surface area contributed by atoms with E-state index in [1.807, 2.05) is 0 Å². The maximum absolute atomic E-state index is 13.6. The maximum atomic E-state index is 13.6. The van der Waals surface area contributed by atoms with E-state index in [2.05, 4.69) is 14.7 Å². The molecule has 0 spiro atoms. The van der Waals surface area contributed by atoms with E-state index in [4.69, 9.17) is 4.74 Å². The predicted molar refractivity (Wildman–Crippen MR) is 125 cm³/mol. The zero-order valence-electron chi connectivity index (χ0n) is 19.4. The van der Waals surface area contributed by atoms with Crippen molar-refractivity contribution < 1.29 is 39.5 Å². The summed E-state index contributed by atoms with van der Waals surface area (Å²) < 4.78 is 5.35. The van der Waals surface area contributed by atoms with Crippen molar-refractivity contribution in [2.24, 2.45) is 5.92 Å². The van der Waals surface area contributed by atoms with Crippen LogP contribution in [-0.2, 0) is 14.3 Å². The summed E-state index contributed by atoms with van der Waals surface area (Å²) in [5.41, 5.74) is -1.03. The third-order valence-corrected chi connectivity index (χ3v) is 6.54. The maximum Gasteiger partial charge on any atom is 0.342 e. The number of rotatable bonds is 10. The van der Waals surface area contributed by atoms with E-state index in [0.29, 0.717) is 32.6 Å². The Balaban J connectivity index is 1.75. The monoisotopic (exact) mass is 501 g/mol. The van der Waals surface area contributed by atoms with Gasteiger partial charge in [0.25, 0.3) is 0 Å². The van der Waals surface area contributed by atoms with Crippen molar-refractivity contribution in [1.82, 2.24) is 9.80 Å². The molecule has 1 aliphatic carbocycles. The second-order valence-electron chi connectivity index (χ2n) is 8.60. The lowest BCUT2D eigenvalue weighted by Crippen LogP contribution is -2.39. The van der Waals surface area contributed by atoms with Crippen LogP contribution in [0.15, 0.2) is 53.8 Å². The highest BCUT2D eigenvalue weighted by atomic mass is 17.1. The molecule has 0 saturated carbocycles. The Bertz CT molecular complexity index is 1110. The van der Waals surface area contributed by atoms with Crippen LogP contribution in [0.2, 0.25) is 0 Å². The molecule has 36 heavy (non-hydrogen) atoms. The van der Waals surface area contributed by atoms with E-state index in [1.165, 1.54) is 23.1 Å². The predicted octanol–water partition coefficient (Wildman–Crippen LogP) is 2.23. The SMILES string of the molecule is O=C(C1=C([N+](=O)[O-])C(=O)N(CCCN2CCOCC2)C1c1cccc(OO)c1OO)C1C=CC=CC1. The summed E-state index contributed by atoms with van der Waals surface area (Å²) in [6.07, 6.45) is 7.64. The molecule has 0 radical (unpaired) electrons. The summed E-state index contributed by atoms with van der Waals surface area (Å²) in [5, 5.41) is 30.9. The number of carbonyl (C=O) groups is 2. The van der Waals surface area contributed by atoms with Gasteiger partial charge in [-0.3, -0.25) is 24.6 Å². The molecule has 1 aromatic carbocycles. The van der Waals surface area contributed by atoms with Crippen molar-refractivity contribution in [2.45, 2.75) is 18.9 Å². The third kappa shape index (κ3) is 5.02. The van der Waals surface area contributed by atoms with Gasteiger partial charge < -0.3 is 19.4 Å². The summed E-state index contributed by atoms with van der Waals surface area (Å²) >= 11 is 0. The largest absolute Gasteiger partial charge is 0.379 e. The number of benzene rings is 1.